The number of ether oxygens (including phenoxy) is 2. The van der Waals surface area contributed by atoms with E-state index in [0.29, 0.717) is 11.5 Å². The molecule has 0 radical (unpaired) electrons. The van der Waals surface area contributed by atoms with Gasteiger partial charge in [-0.1, -0.05) is 18.2 Å². The topological polar surface area (TPSA) is 64.6 Å². The minimum atomic E-state index is -0.510. The second-order valence-corrected chi connectivity index (χ2v) is 5.77. The Labute approximate surface area is 129 Å². The minimum Gasteiger partial charge on any atom is -0.488 e. The Morgan fingerprint density at radius 1 is 1.36 bits per heavy atom. The summed E-state index contributed by atoms with van der Waals surface area (Å²) < 4.78 is 10.6. The number of hydrogen-bond donors (Lipinski definition) is 1. The van der Waals surface area contributed by atoms with Crippen LogP contribution in [0.2, 0.25) is 0 Å². The van der Waals surface area contributed by atoms with E-state index in [1.807, 2.05) is 31.2 Å². The summed E-state index contributed by atoms with van der Waals surface area (Å²) in [7, 11) is 0. The summed E-state index contributed by atoms with van der Waals surface area (Å²) >= 11 is 0. The second kappa shape index (κ2) is 6.22. The van der Waals surface area contributed by atoms with Gasteiger partial charge in [0.1, 0.15) is 12.4 Å². The summed E-state index contributed by atoms with van der Waals surface area (Å²) in [6, 6.07) is 7.61. The van der Waals surface area contributed by atoms with Crippen LogP contribution in [-0.2, 0) is 14.3 Å². The van der Waals surface area contributed by atoms with Crippen molar-refractivity contribution in [1.82, 2.24) is 5.32 Å². The highest BCUT2D eigenvalue weighted by Crippen LogP contribution is 2.32. The fourth-order valence-electron chi connectivity index (χ4n) is 2.47. The monoisotopic (exact) mass is 301 g/mol. The summed E-state index contributed by atoms with van der Waals surface area (Å²) in [6.45, 7) is 1.89. The third kappa shape index (κ3) is 3.47. The molecule has 3 rings (SSSR count). The van der Waals surface area contributed by atoms with E-state index in [9.17, 15) is 9.59 Å². The van der Waals surface area contributed by atoms with Crippen LogP contribution < -0.4 is 10.1 Å². The van der Waals surface area contributed by atoms with Gasteiger partial charge in [-0.2, -0.15) is 0 Å². The zero-order chi connectivity index (χ0) is 15.5. The van der Waals surface area contributed by atoms with E-state index in [4.69, 9.17) is 9.47 Å². The molecule has 1 aromatic rings. The molecule has 116 valence electrons. The Bertz CT molecular complexity index is 619. The molecule has 5 nitrogen and oxygen atoms in total. The Kier molecular flexibility index (Phi) is 4.13. The van der Waals surface area contributed by atoms with Crippen molar-refractivity contribution < 1.29 is 19.1 Å². The number of hydrogen-bond acceptors (Lipinski definition) is 4. The Morgan fingerprint density at radius 2 is 2.14 bits per heavy atom. The van der Waals surface area contributed by atoms with Crippen LogP contribution in [0.3, 0.4) is 0 Å². The molecule has 1 atom stereocenters. The first kappa shape index (κ1) is 14.6. The molecule has 0 unspecified atom stereocenters. The number of amides is 1. The van der Waals surface area contributed by atoms with E-state index in [1.54, 1.807) is 6.08 Å². The molecule has 2 aliphatic rings. The van der Waals surface area contributed by atoms with Gasteiger partial charge in [0.05, 0.1) is 5.57 Å². The molecular weight excluding hydrogens is 282 g/mol. The van der Waals surface area contributed by atoms with Crippen LogP contribution >= 0.6 is 0 Å². The normalized spacial score (nSPS) is 17.6. The molecule has 1 aromatic carbocycles. The average molecular weight is 301 g/mol. The zero-order valence-electron chi connectivity index (χ0n) is 12.5. The van der Waals surface area contributed by atoms with Gasteiger partial charge in [-0.15, -0.1) is 0 Å². The van der Waals surface area contributed by atoms with Crippen LogP contribution in [0.4, 0.5) is 0 Å². The van der Waals surface area contributed by atoms with Crippen molar-refractivity contribution in [2.75, 3.05) is 13.2 Å². The highest BCUT2D eigenvalue weighted by Gasteiger charge is 2.29. The zero-order valence-corrected chi connectivity index (χ0v) is 12.5. The molecular formula is C17H19NO4. The molecule has 0 saturated heterocycles. The molecule has 0 bridgehead atoms. The fourth-order valence-corrected chi connectivity index (χ4v) is 2.47. The van der Waals surface area contributed by atoms with Crippen LogP contribution in [0.5, 0.6) is 5.75 Å². The van der Waals surface area contributed by atoms with Gasteiger partial charge < -0.3 is 14.8 Å². The van der Waals surface area contributed by atoms with Crippen molar-refractivity contribution >= 4 is 18.0 Å². The lowest BCUT2D eigenvalue weighted by atomic mass is 10.1. The number of rotatable bonds is 5. The van der Waals surface area contributed by atoms with Crippen molar-refractivity contribution in [3.8, 4) is 5.75 Å². The first-order chi connectivity index (χ1) is 10.6. The molecule has 0 aromatic heterocycles. The van der Waals surface area contributed by atoms with Crippen LogP contribution in [0.15, 0.2) is 29.8 Å². The number of nitrogens with one attached hydrogen (secondary N) is 1. The Hall–Kier alpha value is -2.30. The van der Waals surface area contributed by atoms with Crippen molar-refractivity contribution in [1.29, 1.82) is 0 Å². The molecule has 5 heteroatoms. The van der Waals surface area contributed by atoms with Crippen LogP contribution in [0, 0.1) is 5.92 Å². The number of benzene rings is 1. The molecule has 22 heavy (non-hydrogen) atoms. The van der Waals surface area contributed by atoms with Gasteiger partial charge in [-0.05, 0) is 37.8 Å². The van der Waals surface area contributed by atoms with Crippen molar-refractivity contribution in [3.63, 3.8) is 0 Å². The van der Waals surface area contributed by atoms with E-state index in [1.165, 1.54) is 0 Å². The van der Waals surface area contributed by atoms with Gasteiger partial charge in [-0.3, -0.25) is 4.79 Å². The number of carbonyl (C=O) groups excluding carboxylic acids is 2. The fraction of sp³-hybridized carbons (Fsp3) is 0.412. The lowest BCUT2D eigenvalue weighted by Gasteiger charge is -2.17. The Morgan fingerprint density at radius 3 is 2.91 bits per heavy atom. The van der Waals surface area contributed by atoms with Crippen LogP contribution in [0.25, 0.3) is 6.08 Å². The summed E-state index contributed by atoms with van der Waals surface area (Å²) in [5, 5.41) is 2.85. The average Bonchev–Trinajstić information content (AvgIpc) is 3.37. The molecule has 1 saturated carbocycles. The minimum absolute atomic E-state index is 0.148. The van der Waals surface area contributed by atoms with E-state index in [0.717, 1.165) is 24.2 Å². The SMILES string of the molecule is C[C@@H](NC(=O)COC(=O)C1=Cc2ccccc2OC1)C1CC1. The summed E-state index contributed by atoms with van der Waals surface area (Å²) in [4.78, 5) is 23.7. The first-order valence-electron chi connectivity index (χ1n) is 7.52. The van der Waals surface area contributed by atoms with Crippen molar-refractivity contribution in [2.45, 2.75) is 25.8 Å². The number of fused-ring (bicyclic) bond motifs is 1. The van der Waals surface area contributed by atoms with Gasteiger partial charge >= 0.3 is 5.97 Å². The quantitative estimate of drug-likeness (QED) is 0.844. The molecule has 1 amide bonds. The number of para-hydroxylation sites is 1. The first-order valence-corrected chi connectivity index (χ1v) is 7.52. The summed E-state index contributed by atoms with van der Waals surface area (Å²) in [6.07, 6.45) is 4.06. The predicted molar refractivity (Wildman–Crippen MR) is 81.2 cm³/mol. The summed E-state index contributed by atoms with van der Waals surface area (Å²) in [5.41, 5.74) is 1.26. The van der Waals surface area contributed by atoms with Crippen LogP contribution in [0.1, 0.15) is 25.3 Å². The largest absolute Gasteiger partial charge is 0.488 e. The molecule has 1 aliphatic heterocycles. The third-order valence-corrected chi connectivity index (χ3v) is 3.95. The highest BCUT2D eigenvalue weighted by atomic mass is 16.5. The highest BCUT2D eigenvalue weighted by molar-refractivity contribution is 5.96. The van der Waals surface area contributed by atoms with Gasteiger partial charge in [-0.25, -0.2) is 4.79 Å². The standard InChI is InChI=1S/C17H19NO4/c1-11(12-6-7-12)18-16(19)10-22-17(20)14-8-13-4-2-3-5-15(13)21-9-14/h2-5,8,11-12H,6-7,9-10H2,1H3,(H,18,19)/t11-/m1/s1. The van der Waals surface area contributed by atoms with Crippen LogP contribution in [-0.4, -0.2) is 31.1 Å². The Balaban J connectivity index is 1.52. The van der Waals surface area contributed by atoms with E-state index in [-0.39, 0.29) is 25.2 Å². The molecule has 1 aliphatic carbocycles. The van der Waals surface area contributed by atoms with Crippen molar-refractivity contribution in [2.24, 2.45) is 5.92 Å². The second-order valence-electron chi connectivity index (χ2n) is 5.77. The maximum Gasteiger partial charge on any atom is 0.338 e. The van der Waals surface area contributed by atoms with Crippen molar-refractivity contribution in [3.05, 3.63) is 35.4 Å². The van der Waals surface area contributed by atoms with Gasteiger partial charge in [0.15, 0.2) is 6.61 Å². The maximum absolute atomic E-state index is 12.0. The van der Waals surface area contributed by atoms with E-state index in [2.05, 4.69) is 5.32 Å². The number of carbonyl (C=O) groups is 2. The van der Waals surface area contributed by atoms with Gasteiger partial charge in [0.2, 0.25) is 0 Å². The maximum atomic E-state index is 12.0. The molecule has 1 heterocycles. The van der Waals surface area contributed by atoms with Gasteiger partial charge in [0.25, 0.3) is 5.91 Å². The predicted octanol–water partition coefficient (Wildman–Crippen LogP) is 1.92. The molecule has 1 fully saturated rings. The molecule has 1 N–H and O–H groups in total. The number of esters is 1. The van der Waals surface area contributed by atoms with Gasteiger partial charge in [0, 0.05) is 11.6 Å². The molecule has 0 spiro atoms. The lowest BCUT2D eigenvalue weighted by molar-refractivity contribution is -0.145. The smallest absolute Gasteiger partial charge is 0.338 e. The third-order valence-electron chi connectivity index (χ3n) is 3.95. The van der Waals surface area contributed by atoms with E-state index < -0.39 is 5.97 Å². The summed E-state index contributed by atoms with van der Waals surface area (Å²) in [5.74, 6) is 0.551. The lowest BCUT2D eigenvalue weighted by Crippen LogP contribution is -2.37. The van der Waals surface area contributed by atoms with E-state index >= 15 is 0 Å².